The predicted octanol–water partition coefficient (Wildman–Crippen LogP) is 1.44. The van der Waals surface area contributed by atoms with E-state index in [0.29, 0.717) is 25.1 Å². The highest BCUT2D eigenvalue weighted by Gasteiger charge is 2.42. The zero-order valence-electron chi connectivity index (χ0n) is 14.0. The number of hydrogen-bond acceptors (Lipinski definition) is 3. The van der Waals surface area contributed by atoms with Crippen molar-refractivity contribution in [1.29, 1.82) is 0 Å². The average Bonchev–Trinajstić information content (AvgIpc) is 2.97. The van der Waals surface area contributed by atoms with Crippen molar-refractivity contribution < 1.29 is 19.5 Å². The van der Waals surface area contributed by atoms with Crippen LogP contribution >= 0.6 is 0 Å². The van der Waals surface area contributed by atoms with Gasteiger partial charge in [-0.25, -0.2) is 4.79 Å². The molecule has 130 valence electrons. The van der Waals surface area contributed by atoms with E-state index in [1.54, 1.807) is 25.1 Å². The molecule has 24 heavy (non-hydrogen) atoms. The van der Waals surface area contributed by atoms with Crippen molar-refractivity contribution in [2.75, 3.05) is 19.6 Å². The summed E-state index contributed by atoms with van der Waals surface area (Å²) in [6.45, 7) is 4.96. The number of hydrogen-bond donors (Lipinski definition) is 3. The quantitative estimate of drug-likeness (QED) is 0.759. The lowest BCUT2D eigenvalue weighted by molar-refractivity contribution is -0.147. The van der Waals surface area contributed by atoms with E-state index in [1.165, 1.54) is 4.90 Å². The third kappa shape index (κ3) is 4.04. The lowest BCUT2D eigenvalue weighted by Crippen LogP contribution is -2.40. The van der Waals surface area contributed by atoms with Gasteiger partial charge in [-0.2, -0.15) is 0 Å². The summed E-state index contributed by atoms with van der Waals surface area (Å²) in [6, 6.07) is 6.76. The molecule has 0 aliphatic carbocycles. The predicted molar refractivity (Wildman–Crippen MR) is 88.6 cm³/mol. The van der Waals surface area contributed by atoms with Crippen LogP contribution < -0.4 is 10.6 Å². The van der Waals surface area contributed by atoms with E-state index < -0.39 is 11.4 Å². The molecule has 0 saturated carbocycles. The number of carbonyl (C=O) groups is 3. The summed E-state index contributed by atoms with van der Waals surface area (Å²) >= 11 is 0. The molecule has 1 aliphatic heterocycles. The lowest BCUT2D eigenvalue weighted by Gasteiger charge is -2.20. The van der Waals surface area contributed by atoms with Crippen molar-refractivity contribution in [2.45, 2.75) is 26.8 Å². The molecule has 0 spiro atoms. The summed E-state index contributed by atoms with van der Waals surface area (Å²) in [5.74, 6) is -1.03. The first kappa shape index (κ1) is 17.8. The van der Waals surface area contributed by atoms with Crippen molar-refractivity contribution in [2.24, 2.45) is 5.41 Å². The van der Waals surface area contributed by atoms with Crippen molar-refractivity contribution in [3.63, 3.8) is 0 Å². The average molecular weight is 333 g/mol. The van der Waals surface area contributed by atoms with Crippen molar-refractivity contribution >= 4 is 17.9 Å². The number of carboxylic acids is 1. The normalized spacial score (nSPS) is 19.8. The molecule has 1 unspecified atom stereocenters. The van der Waals surface area contributed by atoms with Gasteiger partial charge in [0.2, 0.25) is 0 Å². The van der Waals surface area contributed by atoms with E-state index in [1.807, 2.05) is 13.0 Å². The number of rotatable bonds is 5. The second-order valence-corrected chi connectivity index (χ2v) is 6.26. The van der Waals surface area contributed by atoms with Gasteiger partial charge < -0.3 is 20.6 Å². The number of carbonyl (C=O) groups excluding carboxylic acids is 2. The second-order valence-electron chi connectivity index (χ2n) is 6.26. The molecule has 1 aromatic rings. The Labute approximate surface area is 141 Å². The van der Waals surface area contributed by atoms with Crippen LogP contribution in [0.2, 0.25) is 0 Å². The zero-order valence-corrected chi connectivity index (χ0v) is 14.0. The molecule has 7 nitrogen and oxygen atoms in total. The fourth-order valence-electron chi connectivity index (χ4n) is 2.68. The number of urea groups is 1. The third-order valence-corrected chi connectivity index (χ3v) is 4.25. The Morgan fingerprint density at radius 2 is 2.04 bits per heavy atom. The number of nitrogens with zero attached hydrogens (tertiary/aromatic N) is 1. The first-order valence-corrected chi connectivity index (χ1v) is 7.99. The lowest BCUT2D eigenvalue weighted by atomic mass is 9.90. The SMILES string of the molecule is CCNC(=O)c1cccc(CNC(=O)N2CCC(C)(C(=O)O)C2)c1. The first-order chi connectivity index (χ1) is 11.4. The van der Waals surface area contributed by atoms with Gasteiger partial charge in [-0.15, -0.1) is 0 Å². The van der Waals surface area contributed by atoms with Gasteiger partial charge in [0.1, 0.15) is 0 Å². The largest absolute Gasteiger partial charge is 0.481 e. The molecule has 1 atom stereocenters. The minimum atomic E-state index is -0.882. The highest BCUT2D eigenvalue weighted by Crippen LogP contribution is 2.29. The standard InChI is InChI=1S/C17H23N3O4/c1-3-18-14(21)13-6-4-5-12(9-13)10-19-16(24)20-8-7-17(2,11-20)15(22)23/h4-6,9H,3,7-8,10-11H2,1-2H3,(H,18,21)(H,19,24)(H,22,23). The molecular weight excluding hydrogens is 310 g/mol. The van der Waals surface area contributed by atoms with Gasteiger partial charge >= 0.3 is 12.0 Å². The summed E-state index contributed by atoms with van der Waals surface area (Å²) in [5, 5.41) is 14.7. The fraction of sp³-hybridized carbons (Fsp3) is 0.471. The monoisotopic (exact) mass is 333 g/mol. The second kappa shape index (κ2) is 7.33. The highest BCUT2D eigenvalue weighted by molar-refractivity contribution is 5.94. The molecule has 0 radical (unpaired) electrons. The molecule has 1 aliphatic rings. The molecule has 7 heteroatoms. The van der Waals surface area contributed by atoms with E-state index >= 15 is 0 Å². The maximum Gasteiger partial charge on any atom is 0.317 e. The van der Waals surface area contributed by atoms with Crippen molar-refractivity contribution in [1.82, 2.24) is 15.5 Å². The fourth-order valence-corrected chi connectivity index (χ4v) is 2.68. The smallest absolute Gasteiger partial charge is 0.317 e. The Bertz CT molecular complexity index is 646. The molecule has 2 rings (SSSR count). The van der Waals surface area contributed by atoms with Gasteiger partial charge in [0.05, 0.1) is 5.41 Å². The van der Waals surface area contributed by atoms with Crippen LogP contribution in [0.5, 0.6) is 0 Å². The van der Waals surface area contributed by atoms with Crippen LogP contribution in [0, 0.1) is 5.41 Å². The van der Waals surface area contributed by atoms with E-state index in [4.69, 9.17) is 0 Å². The number of nitrogens with one attached hydrogen (secondary N) is 2. The topological polar surface area (TPSA) is 98.7 Å². The van der Waals surface area contributed by atoms with Crippen molar-refractivity contribution in [3.8, 4) is 0 Å². The number of amides is 3. The minimum absolute atomic E-state index is 0.151. The molecule has 1 saturated heterocycles. The van der Waals surface area contributed by atoms with E-state index in [0.717, 1.165) is 5.56 Å². The van der Waals surface area contributed by atoms with Crippen LogP contribution in [0.1, 0.15) is 36.2 Å². The highest BCUT2D eigenvalue weighted by atomic mass is 16.4. The molecule has 0 bridgehead atoms. The minimum Gasteiger partial charge on any atom is -0.481 e. The Morgan fingerprint density at radius 1 is 1.29 bits per heavy atom. The van der Waals surface area contributed by atoms with Crippen LogP contribution in [0.25, 0.3) is 0 Å². The summed E-state index contributed by atoms with van der Waals surface area (Å²) in [5.41, 5.74) is 0.477. The van der Waals surface area contributed by atoms with E-state index in [-0.39, 0.29) is 25.0 Å². The number of likely N-dealkylation sites (tertiary alicyclic amines) is 1. The molecule has 1 fully saturated rings. The van der Waals surface area contributed by atoms with Gasteiger partial charge in [0.25, 0.3) is 5.91 Å². The molecular formula is C17H23N3O4. The van der Waals surface area contributed by atoms with E-state index in [9.17, 15) is 19.5 Å². The summed E-state index contributed by atoms with van der Waals surface area (Å²) < 4.78 is 0. The number of benzene rings is 1. The zero-order chi connectivity index (χ0) is 17.7. The first-order valence-electron chi connectivity index (χ1n) is 7.99. The number of carboxylic acid groups (broad SMARTS) is 1. The maximum absolute atomic E-state index is 12.2. The summed E-state index contributed by atoms with van der Waals surface area (Å²) in [4.78, 5) is 36.8. The van der Waals surface area contributed by atoms with Crippen LogP contribution in [0.3, 0.4) is 0 Å². The third-order valence-electron chi connectivity index (χ3n) is 4.25. The van der Waals surface area contributed by atoms with Gasteiger partial charge in [-0.1, -0.05) is 12.1 Å². The van der Waals surface area contributed by atoms with Crippen LogP contribution in [-0.2, 0) is 11.3 Å². The Morgan fingerprint density at radius 3 is 2.67 bits per heavy atom. The van der Waals surface area contributed by atoms with Gasteiger partial charge in [-0.05, 0) is 38.0 Å². The summed E-state index contributed by atoms with van der Waals surface area (Å²) in [7, 11) is 0. The maximum atomic E-state index is 12.2. The molecule has 3 N–H and O–H groups in total. The van der Waals surface area contributed by atoms with Crippen molar-refractivity contribution in [3.05, 3.63) is 35.4 Å². The number of aliphatic carboxylic acids is 1. The molecule has 0 aromatic heterocycles. The van der Waals surface area contributed by atoms with Crippen LogP contribution in [0.15, 0.2) is 24.3 Å². The van der Waals surface area contributed by atoms with Gasteiger partial charge in [0, 0.05) is 31.7 Å². The van der Waals surface area contributed by atoms with Crippen LogP contribution in [0.4, 0.5) is 4.79 Å². The molecule has 1 aromatic carbocycles. The molecule has 3 amide bonds. The van der Waals surface area contributed by atoms with Gasteiger partial charge in [-0.3, -0.25) is 9.59 Å². The van der Waals surface area contributed by atoms with Gasteiger partial charge in [0.15, 0.2) is 0 Å². The Kier molecular flexibility index (Phi) is 5.43. The van der Waals surface area contributed by atoms with E-state index in [2.05, 4.69) is 10.6 Å². The van der Waals surface area contributed by atoms with Crippen LogP contribution in [-0.4, -0.2) is 47.5 Å². The Hall–Kier alpha value is -2.57. The Balaban J connectivity index is 1.92. The summed E-state index contributed by atoms with van der Waals surface area (Å²) in [6.07, 6.45) is 0.447. The molecule has 1 heterocycles.